The Morgan fingerprint density at radius 3 is 2.55 bits per heavy atom. The van der Waals surface area contributed by atoms with Gasteiger partial charge >= 0.3 is 0 Å². The smallest absolute Gasteiger partial charge is 0.229 e. The Morgan fingerprint density at radius 2 is 1.84 bits per heavy atom. The summed E-state index contributed by atoms with van der Waals surface area (Å²) in [6.45, 7) is 10.9. The molecule has 0 spiro atoms. The van der Waals surface area contributed by atoms with Gasteiger partial charge in [0.2, 0.25) is 11.9 Å². The van der Waals surface area contributed by atoms with Crippen LogP contribution in [0.1, 0.15) is 23.9 Å². The third-order valence-electron chi connectivity index (χ3n) is 4.88. The first kappa shape index (κ1) is 23.1. The Labute approximate surface area is 189 Å². The Morgan fingerprint density at radius 1 is 1.13 bits per heavy atom. The summed E-state index contributed by atoms with van der Waals surface area (Å²) in [5, 5.41) is 10.1. The number of ether oxygens (including phenoxy) is 1. The number of nitrogens with zero attached hydrogens (tertiary/aromatic N) is 4. The summed E-state index contributed by atoms with van der Waals surface area (Å²) in [6.07, 6.45) is 0.918. The van der Waals surface area contributed by atoms with Crippen molar-refractivity contribution in [2.45, 2.75) is 27.2 Å². The lowest BCUT2D eigenvalue weighted by Crippen LogP contribution is -2.41. The molecule has 0 unspecified atom stereocenters. The highest BCUT2D eigenvalue weighted by Gasteiger charge is 2.11. The largest absolute Gasteiger partial charge is 0.379 e. The van der Waals surface area contributed by atoms with Crippen LogP contribution in [0, 0.1) is 13.8 Å². The number of aromatic nitrogens is 2. The fourth-order valence-corrected chi connectivity index (χ4v) is 3.54. The Hall–Kier alpha value is -2.62. The van der Waals surface area contributed by atoms with E-state index in [4.69, 9.17) is 21.9 Å². The lowest BCUT2D eigenvalue weighted by atomic mass is 10.1. The highest BCUT2D eigenvalue weighted by Crippen LogP contribution is 2.15. The van der Waals surface area contributed by atoms with Crippen LogP contribution in [-0.4, -0.2) is 65.3 Å². The minimum atomic E-state index is 0.461. The summed E-state index contributed by atoms with van der Waals surface area (Å²) < 4.78 is 5.41. The molecule has 1 aliphatic rings. The van der Waals surface area contributed by atoms with Crippen molar-refractivity contribution in [2.75, 3.05) is 50.0 Å². The number of anilines is 2. The molecule has 2 aromatic rings. The molecule has 0 aliphatic carbocycles. The van der Waals surface area contributed by atoms with E-state index in [0.717, 1.165) is 56.3 Å². The molecule has 2 heterocycles. The summed E-state index contributed by atoms with van der Waals surface area (Å²) in [5.74, 6) is 1.01. The van der Waals surface area contributed by atoms with E-state index in [1.54, 1.807) is 0 Å². The van der Waals surface area contributed by atoms with Crippen LogP contribution in [0.25, 0.3) is 0 Å². The normalized spacial score (nSPS) is 14.9. The van der Waals surface area contributed by atoms with Crippen molar-refractivity contribution in [3.63, 3.8) is 0 Å². The number of hydrogen-bond acceptors (Lipinski definition) is 6. The molecule has 0 radical (unpaired) electrons. The van der Waals surface area contributed by atoms with Crippen LogP contribution in [0.3, 0.4) is 0 Å². The number of nitrogens with one attached hydrogen (secondary N) is 3. The van der Waals surface area contributed by atoms with E-state index in [0.29, 0.717) is 23.6 Å². The van der Waals surface area contributed by atoms with Gasteiger partial charge in [-0.2, -0.15) is 0 Å². The third kappa shape index (κ3) is 7.54. The number of aliphatic imine (C=N–C) groups is 1. The fourth-order valence-electron chi connectivity index (χ4n) is 3.34. The SMILES string of the molecule is CCc1ccccc1NC(=S)NC(=NCCN1CCOCC1)Nc1nc(C)cc(C)n1. The maximum absolute atomic E-state index is 5.55. The van der Waals surface area contributed by atoms with Gasteiger partial charge in [0.05, 0.1) is 19.8 Å². The molecule has 1 fully saturated rings. The van der Waals surface area contributed by atoms with Crippen LogP contribution in [-0.2, 0) is 11.2 Å². The summed E-state index contributed by atoms with van der Waals surface area (Å²) in [6, 6.07) is 10.1. The van der Waals surface area contributed by atoms with Crippen molar-refractivity contribution < 1.29 is 4.74 Å². The van der Waals surface area contributed by atoms with Gasteiger partial charge in [0.1, 0.15) is 0 Å². The zero-order chi connectivity index (χ0) is 22.1. The van der Waals surface area contributed by atoms with E-state index < -0.39 is 0 Å². The molecule has 166 valence electrons. The first-order chi connectivity index (χ1) is 15.0. The zero-order valence-electron chi connectivity index (χ0n) is 18.4. The first-order valence-electron chi connectivity index (χ1n) is 10.6. The number of guanidine groups is 1. The number of para-hydroxylation sites is 1. The monoisotopic (exact) mass is 441 g/mol. The van der Waals surface area contributed by atoms with Gasteiger partial charge in [0.15, 0.2) is 5.11 Å². The molecule has 9 heteroatoms. The average molecular weight is 442 g/mol. The molecular weight excluding hydrogens is 410 g/mol. The number of aryl methyl sites for hydroxylation is 3. The zero-order valence-corrected chi connectivity index (χ0v) is 19.3. The maximum atomic E-state index is 5.55. The van der Waals surface area contributed by atoms with Crippen molar-refractivity contribution in [3.05, 3.63) is 47.3 Å². The molecule has 0 saturated carbocycles. The molecule has 8 nitrogen and oxygen atoms in total. The standard InChI is InChI=1S/C22H31N7OS/c1-4-18-7-5-6-8-19(18)26-22(31)28-20(23-9-10-29-11-13-30-14-12-29)27-21-24-16(2)15-17(3)25-21/h5-8,15H,4,9-14H2,1-3H3,(H3,23,24,25,26,27,28,31). The molecule has 0 bridgehead atoms. The Balaban J connectivity index is 1.69. The van der Waals surface area contributed by atoms with E-state index in [9.17, 15) is 0 Å². The minimum Gasteiger partial charge on any atom is -0.379 e. The highest BCUT2D eigenvalue weighted by molar-refractivity contribution is 7.80. The Kier molecular flexibility index (Phi) is 8.69. The van der Waals surface area contributed by atoms with E-state index in [1.165, 1.54) is 5.56 Å². The van der Waals surface area contributed by atoms with Crippen molar-refractivity contribution >= 4 is 34.9 Å². The topological polar surface area (TPSA) is 86.7 Å². The number of rotatable bonds is 6. The predicted octanol–water partition coefficient (Wildman–Crippen LogP) is 2.74. The van der Waals surface area contributed by atoms with Crippen LogP contribution in [0.15, 0.2) is 35.3 Å². The predicted molar refractivity (Wildman–Crippen MR) is 130 cm³/mol. The first-order valence-corrected chi connectivity index (χ1v) is 11.0. The van der Waals surface area contributed by atoms with Gasteiger partial charge in [-0.1, -0.05) is 25.1 Å². The molecule has 1 saturated heterocycles. The summed E-state index contributed by atoms with van der Waals surface area (Å²) in [5.41, 5.74) is 3.96. The molecule has 31 heavy (non-hydrogen) atoms. The van der Waals surface area contributed by atoms with Gasteiger partial charge in [0.25, 0.3) is 0 Å². The van der Waals surface area contributed by atoms with Gasteiger partial charge < -0.3 is 15.4 Å². The lowest BCUT2D eigenvalue weighted by Gasteiger charge is -2.25. The van der Waals surface area contributed by atoms with Crippen molar-refractivity contribution in [2.24, 2.45) is 4.99 Å². The summed E-state index contributed by atoms with van der Waals surface area (Å²) >= 11 is 5.55. The number of benzene rings is 1. The van der Waals surface area contributed by atoms with E-state index in [1.807, 2.05) is 38.1 Å². The lowest BCUT2D eigenvalue weighted by molar-refractivity contribution is 0.0394. The molecule has 3 rings (SSSR count). The van der Waals surface area contributed by atoms with Crippen LogP contribution in [0.4, 0.5) is 11.6 Å². The maximum Gasteiger partial charge on any atom is 0.229 e. The fraction of sp³-hybridized carbons (Fsp3) is 0.455. The van der Waals surface area contributed by atoms with E-state index >= 15 is 0 Å². The minimum absolute atomic E-state index is 0.461. The third-order valence-corrected chi connectivity index (χ3v) is 5.08. The molecule has 1 aromatic heterocycles. The van der Waals surface area contributed by atoms with Crippen LogP contribution in [0.2, 0.25) is 0 Å². The molecule has 1 aliphatic heterocycles. The van der Waals surface area contributed by atoms with Crippen molar-refractivity contribution in [1.29, 1.82) is 0 Å². The molecule has 3 N–H and O–H groups in total. The van der Waals surface area contributed by atoms with Crippen molar-refractivity contribution in [1.82, 2.24) is 20.2 Å². The number of thiocarbonyl (C=S) groups is 1. The van der Waals surface area contributed by atoms with Gasteiger partial charge in [-0.25, -0.2) is 9.97 Å². The molecular formula is C22H31N7OS. The molecule has 0 atom stereocenters. The number of hydrogen-bond donors (Lipinski definition) is 3. The van der Waals surface area contributed by atoms with Gasteiger partial charge in [-0.15, -0.1) is 0 Å². The summed E-state index contributed by atoms with van der Waals surface area (Å²) in [4.78, 5) is 16.0. The second-order valence-electron chi connectivity index (χ2n) is 7.37. The Bertz CT molecular complexity index is 892. The average Bonchev–Trinajstić information content (AvgIpc) is 2.74. The van der Waals surface area contributed by atoms with Crippen LogP contribution in [0.5, 0.6) is 0 Å². The van der Waals surface area contributed by atoms with Crippen molar-refractivity contribution in [3.8, 4) is 0 Å². The molecule has 1 aromatic carbocycles. The van der Waals surface area contributed by atoms with Gasteiger partial charge in [0, 0.05) is 36.7 Å². The highest BCUT2D eigenvalue weighted by atomic mass is 32.1. The van der Waals surface area contributed by atoms with E-state index in [2.05, 4.69) is 43.8 Å². The summed E-state index contributed by atoms with van der Waals surface area (Å²) in [7, 11) is 0. The number of morpholine rings is 1. The van der Waals surface area contributed by atoms with E-state index in [-0.39, 0.29) is 0 Å². The quantitative estimate of drug-likeness (QED) is 0.358. The second kappa shape index (κ2) is 11.7. The van der Waals surface area contributed by atoms with Gasteiger partial charge in [-0.3, -0.25) is 15.2 Å². The van der Waals surface area contributed by atoms with Gasteiger partial charge in [-0.05, 0) is 50.2 Å². The molecule has 0 amide bonds. The van der Waals surface area contributed by atoms with Crippen LogP contribution >= 0.6 is 12.2 Å². The second-order valence-corrected chi connectivity index (χ2v) is 7.78. The van der Waals surface area contributed by atoms with Crippen LogP contribution < -0.4 is 16.0 Å².